The minimum Gasteiger partial charge on any atom is -0.394 e. The first kappa shape index (κ1) is 46.4. The fourth-order valence-electron chi connectivity index (χ4n) is 6.02. The zero-order valence-electron chi connectivity index (χ0n) is 31.0. The third kappa shape index (κ3) is 16.3. The monoisotopic (exact) mass is 745 g/mol. The van der Waals surface area contributed by atoms with Gasteiger partial charge in [-0.2, -0.15) is 0 Å². The van der Waals surface area contributed by atoms with Gasteiger partial charge in [-0.25, -0.2) is 0 Å². The number of allylic oxidation sites excluding steroid dienone is 5. The number of aliphatic hydroxyl groups excluding tert-OH is 8. The van der Waals surface area contributed by atoms with Crippen molar-refractivity contribution in [3.8, 4) is 0 Å². The summed E-state index contributed by atoms with van der Waals surface area (Å²) in [6, 6.07) is -0.928. The molecule has 1 amide bonds. The Morgan fingerprint density at radius 1 is 0.673 bits per heavy atom. The van der Waals surface area contributed by atoms with Crippen LogP contribution in [0.15, 0.2) is 36.5 Å². The molecule has 0 aromatic heterocycles. The topological polar surface area (TPSA) is 228 Å². The Bertz CT molecular complexity index is 1020. The first-order valence-corrected chi connectivity index (χ1v) is 19.2. The van der Waals surface area contributed by atoms with Crippen LogP contribution in [0.3, 0.4) is 0 Å². The standard InChI is InChI=1S/C38H67NO13/c1-3-5-7-9-10-11-12-13-14-15-16-18-19-21-27(42)26(39-30(43)22-20-17-8-6-4-2)25-49-37-35(48)33(46)36(29(24-41)51-37)52-38-34(47)32(45)31(44)28(23-40)50-38/h10-11,14-15,19,21,26-29,31-38,40-42,44-48H,3-9,12-13,16-18,20,22-25H2,1-2H3,(H,39,43)/b11-10+,15-14+,21-19+. The molecule has 0 aliphatic carbocycles. The average molecular weight is 746 g/mol. The summed E-state index contributed by atoms with van der Waals surface area (Å²) in [6.07, 6.45) is 8.35. The predicted molar refractivity (Wildman–Crippen MR) is 194 cm³/mol. The van der Waals surface area contributed by atoms with E-state index in [1.165, 1.54) is 19.3 Å². The Hall–Kier alpha value is -1.79. The van der Waals surface area contributed by atoms with Gasteiger partial charge >= 0.3 is 0 Å². The van der Waals surface area contributed by atoms with Gasteiger partial charge < -0.3 is 65.1 Å². The molecule has 14 nitrogen and oxygen atoms in total. The third-order valence-electron chi connectivity index (χ3n) is 9.31. The molecule has 2 aliphatic rings. The van der Waals surface area contributed by atoms with Gasteiger partial charge in [-0.1, -0.05) is 88.8 Å². The molecule has 0 radical (unpaired) electrons. The highest BCUT2D eigenvalue weighted by molar-refractivity contribution is 5.76. The molecule has 2 saturated heterocycles. The Balaban J connectivity index is 1.98. The number of aliphatic hydroxyl groups is 8. The van der Waals surface area contributed by atoms with Crippen molar-refractivity contribution < 1.29 is 64.6 Å². The van der Waals surface area contributed by atoms with Crippen molar-refractivity contribution >= 4 is 5.91 Å². The molecule has 52 heavy (non-hydrogen) atoms. The maximum absolute atomic E-state index is 12.8. The lowest BCUT2D eigenvalue weighted by Crippen LogP contribution is -2.65. The van der Waals surface area contributed by atoms with E-state index in [1.54, 1.807) is 6.08 Å². The summed E-state index contributed by atoms with van der Waals surface area (Å²) in [5.41, 5.74) is 0. The second-order valence-corrected chi connectivity index (χ2v) is 13.7. The van der Waals surface area contributed by atoms with Crippen molar-refractivity contribution in [2.24, 2.45) is 0 Å². The number of rotatable bonds is 26. The summed E-state index contributed by atoms with van der Waals surface area (Å²) in [5.74, 6) is -0.272. The van der Waals surface area contributed by atoms with E-state index in [0.29, 0.717) is 12.8 Å². The Labute approximate surface area is 309 Å². The van der Waals surface area contributed by atoms with Crippen LogP contribution in [0.25, 0.3) is 0 Å². The highest BCUT2D eigenvalue weighted by Gasteiger charge is 2.50. The van der Waals surface area contributed by atoms with Gasteiger partial charge in [0.2, 0.25) is 5.91 Å². The van der Waals surface area contributed by atoms with Crippen LogP contribution in [-0.4, -0.2) is 140 Å². The zero-order chi connectivity index (χ0) is 38.3. The van der Waals surface area contributed by atoms with Gasteiger partial charge in [0.25, 0.3) is 0 Å². The lowest BCUT2D eigenvalue weighted by atomic mass is 9.97. The summed E-state index contributed by atoms with van der Waals surface area (Å²) < 4.78 is 22.4. The van der Waals surface area contributed by atoms with Gasteiger partial charge in [0.05, 0.1) is 32.0 Å². The van der Waals surface area contributed by atoms with Crippen molar-refractivity contribution in [1.29, 1.82) is 0 Å². The van der Waals surface area contributed by atoms with Gasteiger partial charge in [-0.15, -0.1) is 0 Å². The fraction of sp³-hybridized carbons (Fsp3) is 0.816. The Morgan fingerprint density at radius 2 is 1.23 bits per heavy atom. The number of ether oxygens (including phenoxy) is 4. The Kier molecular flexibility index (Phi) is 24.0. The largest absolute Gasteiger partial charge is 0.394 e. The van der Waals surface area contributed by atoms with E-state index in [9.17, 15) is 45.6 Å². The van der Waals surface area contributed by atoms with Crippen LogP contribution in [0.1, 0.15) is 104 Å². The van der Waals surface area contributed by atoms with E-state index in [4.69, 9.17) is 18.9 Å². The summed E-state index contributed by atoms with van der Waals surface area (Å²) in [4.78, 5) is 12.8. The van der Waals surface area contributed by atoms with Crippen LogP contribution in [0.2, 0.25) is 0 Å². The van der Waals surface area contributed by atoms with E-state index in [1.807, 2.05) is 6.08 Å². The molecule has 0 aromatic rings. The zero-order valence-corrected chi connectivity index (χ0v) is 31.0. The summed E-state index contributed by atoms with van der Waals surface area (Å²) in [6.45, 7) is 2.56. The SMILES string of the molecule is CCCCC/C=C/CC/C=C/CC/C=C/C(O)C(COC1OC(CO)C(OC2OC(CO)C(O)C(O)C2O)C(O)C1O)NC(=O)CCCCCCC. The van der Waals surface area contributed by atoms with Gasteiger partial charge in [-0.05, 0) is 44.9 Å². The van der Waals surface area contributed by atoms with Crippen LogP contribution in [0.5, 0.6) is 0 Å². The molecule has 0 aromatic carbocycles. The van der Waals surface area contributed by atoms with E-state index >= 15 is 0 Å². The lowest BCUT2D eigenvalue weighted by Gasteiger charge is -2.46. The van der Waals surface area contributed by atoms with Crippen molar-refractivity contribution in [2.75, 3.05) is 19.8 Å². The molecular formula is C38H67NO13. The number of unbranched alkanes of at least 4 members (excludes halogenated alkanes) is 9. The van der Waals surface area contributed by atoms with Crippen LogP contribution in [0, 0.1) is 0 Å². The minimum atomic E-state index is -1.79. The highest BCUT2D eigenvalue weighted by Crippen LogP contribution is 2.29. The number of amides is 1. The summed E-state index contributed by atoms with van der Waals surface area (Å²) >= 11 is 0. The van der Waals surface area contributed by atoms with Crippen molar-refractivity contribution in [3.63, 3.8) is 0 Å². The van der Waals surface area contributed by atoms with Crippen molar-refractivity contribution in [3.05, 3.63) is 36.5 Å². The minimum absolute atomic E-state index is 0.264. The summed E-state index contributed by atoms with van der Waals surface area (Å²) in [7, 11) is 0. The van der Waals surface area contributed by atoms with Crippen LogP contribution in [0.4, 0.5) is 0 Å². The number of carbonyl (C=O) groups is 1. The molecule has 0 spiro atoms. The lowest BCUT2D eigenvalue weighted by molar-refractivity contribution is -0.359. The molecule has 0 saturated carbocycles. The fourth-order valence-corrected chi connectivity index (χ4v) is 6.02. The highest BCUT2D eigenvalue weighted by atomic mass is 16.7. The van der Waals surface area contributed by atoms with Crippen molar-refractivity contribution in [2.45, 2.75) is 177 Å². The second-order valence-electron chi connectivity index (χ2n) is 13.7. The van der Waals surface area contributed by atoms with E-state index in [0.717, 1.165) is 51.4 Å². The summed E-state index contributed by atoms with van der Waals surface area (Å²) in [5, 5.41) is 85.7. The van der Waals surface area contributed by atoms with Crippen LogP contribution in [-0.2, 0) is 23.7 Å². The van der Waals surface area contributed by atoms with Gasteiger partial charge in [0, 0.05) is 6.42 Å². The van der Waals surface area contributed by atoms with Gasteiger partial charge in [0.1, 0.15) is 48.8 Å². The van der Waals surface area contributed by atoms with Gasteiger partial charge in [-0.3, -0.25) is 4.79 Å². The van der Waals surface area contributed by atoms with E-state index < -0.39 is 86.8 Å². The molecule has 14 heteroatoms. The quantitative estimate of drug-likeness (QED) is 0.0454. The number of hydrogen-bond donors (Lipinski definition) is 9. The predicted octanol–water partition coefficient (Wildman–Crippen LogP) is 1.64. The molecular weight excluding hydrogens is 678 g/mol. The Morgan fingerprint density at radius 3 is 1.87 bits per heavy atom. The first-order chi connectivity index (χ1) is 25.1. The molecule has 302 valence electrons. The van der Waals surface area contributed by atoms with E-state index in [-0.39, 0.29) is 18.9 Å². The maximum atomic E-state index is 12.8. The van der Waals surface area contributed by atoms with E-state index in [2.05, 4.69) is 43.5 Å². The van der Waals surface area contributed by atoms with Gasteiger partial charge in [0.15, 0.2) is 12.6 Å². The maximum Gasteiger partial charge on any atom is 0.220 e. The molecule has 2 fully saturated rings. The van der Waals surface area contributed by atoms with Crippen LogP contribution >= 0.6 is 0 Å². The smallest absolute Gasteiger partial charge is 0.220 e. The number of carbonyl (C=O) groups excluding carboxylic acids is 1. The first-order valence-electron chi connectivity index (χ1n) is 19.2. The molecule has 2 aliphatic heterocycles. The molecule has 9 N–H and O–H groups in total. The molecule has 12 unspecified atom stereocenters. The van der Waals surface area contributed by atoms with Crippen LogP contribution < -0.4 is 5.32 Å². The molecule has 0 bridgehead atoms. The van der Waals surface area contributed by atoms with Crippen molar-refractivity contribution in [1.82, 2.24) is 5.32 Å². The number of nitrogens with one attached hydrogen (secondary N) is 1. The normalized spacial score (nSPS) is 31.1. The molecule has 12 atom stereocenters. The second kappa shape index (κ2) is 26.9. The molecule has 2 rings (SSSR count). The molecule has 2 heterocycles. The number of hydrogen-bond acceptors (Lipinski definition) is 13. The third-order valence-corrected chi connectivity index (χ3v) is 9.31. The average Bonchev–Trinajstić information content (AvgIpc) is 3.14.